The third-order valence-corrected chi connectivity index (χ3v) is 3.04. The molecule has 6 heteroatoms. The highest BCUT2D eigenvalue weighted by Gasteiger charge is 2.18. The second kappa shape index (κ2) is 6.50. The van der Waals surface area contributed by atoms with Crippen molar-refractivity contribution in [2.75, 3.05) is 11.9 Å². The van der Waals surface area contributed by atoms with E-state index in [4.69, 9.17) is 5.26 Å². The van der Waals surface area contributed by atoms with Gasteiger partial charge in [-0.3, -0.25) is 10.1 Å². The molecule has 0 unspecified atom stereocenters. The van der Waals surface area contributed by atoms with Gasteiger partial charge in [-0.15, -0.1) is 0 Å². The molecule has 106 valence electrons. The molecule has 0 heterocycles. The Hall–Kier alpha value is -2.91. The van der Waals surface area contributed by atoms with Crippen LogP contribution in [-0.2, 0) is 0 Å². The quantitative estimate of drug-likeness (QED) is 0.649. The van der Waals surface area contributed by atoms with E-state index in [1.807, 2.05) is 36.4 Å². The lowest BCUT2D eigenvalue weighted by Gasteiger charge is -2.18. The molecule has 0 radical (unpaired) electrons. The molecule has 2 N–H and O–H groups in total. The first-order valence-corrected chi connectivity index (χ1v) is 6.26. The average Bonchev–Trinajstić information content (AvgIpc) is 2.53. The van der Waals surface area contributed by atoms with Crippen molar-refractivity contribution in [3.05, 3.63) is 69.8 Å². The van der Waals surface area contributed by atoms with E-state index in [-0.39, 0.29) is 23.5 Å². The normalized spacial score (nSPS) is 11.4. The van der Waals surface area contributed by atoms with Gasteiger partial charge in [-0.05, 0) is 17.7 Å². The number of nitrogens with zero attached hydrogens (tertiary/aromatic N) is 2. The minimum atomic E-state index is -0.553. The summed E-state index contributed by atoms with van der Waals surface area (Å²) >= 11 is 0. The van der Waals surface area contributed by atoms with Crippen LogP contribution in [0, 0.1) is 21.4 Å². The first-order chi connectivity index (χ1) is 10.2. The molecule has 0 aromatic heterocycles. The van der Waals surface area contributed by atoms with E-state index < -0.39 is 11.0 Å². The van der Waals surface area contributed by atoms with Gasteiger partial charge in [0.05, 0.1) is 29.2 Å². The van der Waals surface area contributed by atoms with Gasteiger partial charge in [0, 0.05) is 6.07 Å². The first-order valence-electron chi connectivity index (χ1n) is 6.26. The van der Waals surface area contributed by atoms with E-state index >= 15 is 0 Å². The lowest BCUT2D eigenvalue weighted by Crippen LogP contribution is -2.15. The van der Waals surface area contributed by atoms with Crippen LogP contribution in [0.4, 0.5) is 11.4 Å². The number of hydrogen-bond donors (Lipinski definition) is 2. The number of nitro groups is 1. The summed E-state index contributed by atoms with van der Waals surface area (Å²) < 4.78 is 0. The molecule has 0 saturated heterocycles. The van der Waals surface area contributed by atoms with Crippen molar-refractivity contribution in [3.63, 3.8) is 0 Å². The largest absolute Gasteiger partial charge is 0.394 e. The molecule has 0 amide bonds. The molecule has 1 atom stereocenters. The van der Waals surface area contributed by atoms with Crippen molar-refractivity contribution >= 4 is 11.4 Å². The Morgan fingerprint density at radius 1 is 1.29 bits per heavy atom. The van der Waals surface area contributed by atoms with Crippen LogP contribution in [0.2, 0.25) is 0 Å². The van der Waals surface area contributed by atoms with Crippen LogP contribution < -0.4 is 5.32 Å². The molecule has 2 rings (SSSR count). The highest BCUT2D eigenvalue weighted by molar-refractivity contribution is 5.64. The maximum absolute atomic E-state index is 11.1. The van der Waals surface area contributed by atoms with Crippen molar-refractivity contribution < 1.29 is 10.0 Å². The summed E-state index contributed by atoms with van der Waals surface area (Å²) in [5.74, 6) is 0. The Labute approximate surface area is 121 Å². The summed E-state index contributed by atoms with van der Waals surface area (Å²) in [4.78, 5) is 10.5. The number of anilines is 1. The predicted molar refractivity (Wildman–Crippen MR) is 77.7 cm³/mol. The third-order valence-electron chi connectivity index (χ3n) is 3.04. The highest BCUT2D eigenvalue weighted by atomic mass is 16.6. The standard InChI is InChI=1S/C15H13N3O3/c16-9-11-6-7-13(15(8-11)18(20)21)17-14(10-19)12-4-2-1-3-5-12/h1-8,14,17,19H,10H2/t14-/m0/s1. The van der Waals surface area contributed by atoms with Gasteiger partial charge in [0.25, 0.3) is 5.69 Å². The minimum absolute atomic E-state index is 0.191. The molecule has 0 saturated carbocycles. The smallest absolute Gasteiger partial charge is 0.293 e. The average molecular weight is 283 g/mol. The Morgan fingerprint density at radius 3 is 2.57 bits per heavy atom. The van der Waals surface area contributed by atoms with Crippen LogP contribution in [0.1, 0.15) is 17.2 Å². The van der Waals surface area contributed by atoms with Crippen molar-refractivity contribution in [1.82, 2.24) is 0 Å². The van der Waals surface area contributed by atoms with E-state index in [0.717, 1.165) is 5.56 Å². The van der Waals surface area contributed by atoms with Gasteiger partial charge >= 0.3 is 0 Å². The summed E-state index contributed by atoms with van der Waals surface area (Å²) in [6.07, 6.45) is 0. The zero-order chi connectivity index (χ0) is 15.2. The first kappa shape index (κ1) is 14.5. The van der Waals surface area contributed by atoms with E-state index in [9.17, 15) is 15.2 Å². The summed E-state index contributed by atoms with van der Waals surface area (Å²) in [6, 6.07) is 14.7. The summed E-state index contributed by atoms with van der Waals surface area (Å²) in [7, 11) is 0. The van der Waals surface area contributed by atoms with Crippen LogP contribution in [0.5, 0.6) is 0 Å². The molecule has 2 aromatic rings. The number of nitrogens with one attached hydrogen (secondary N) is 1. The minimum Gasteiger partial charge on any atom is -0.394 e. The number of nitro benzene ring substituents is 1. The summed E-state index contributed by atoms with van der Waals surface area (Å²) in [5.41, 5.74) is 1.11. The second-order valence-electron chi connectivity index (χ2n) is 4.39. The van der Waals surface area contributed by atoms with E-state index in [2.05, 4.69) is 5.32 Å². The van der Waals surface area contributed by atoms with Gasteiger partial charge in [0.1, 0.15) is 5.69 Å². The summed E-state index contributed by atoms with van der Waals surface area (Å²) in [6.45, 7) is -0.207. The third kappa shape index (κ3) is 3.35. The van der Waals surface area contributed by atoms with E-state index in [1.165, 1.54) is 18.2 Å². The molecular weight excluding hydrogens is 270 g/mol. The second-order valence-corrected chi connectivity index (χ2v) is 4.39. The Bertz CT molecular complexity index is 680. The summed E-state index contributed by atoms with van der Waals surface area (Å²) in [5, 5.41) is 32.3. The number of benzene rings is 2. The molecule has 6 nitrogen and oxygen atoms in total. The number of nitriles is 1. The number of aliphatic hydroxyl groups is 1. The lowest BCUT2D eigenvalue weighted by atomic mass is 10.1. The van der Waals surface area contributed by atoms with Gasteiger partial charge in [0.15, 0.2) is 0 Å². The van der Waals surface area contributed by atoms with Gasteiger partial charge in [-0.2, -0.15) is 5.26 Å². The van der Waals surface area contributed by atoms with E-state index in [0.29, 0.717) is 0 Å². The topological polar surface area (TPSA) is 99.2 Å². The highest BCUT2D eigenvalue weighted by Crippen LogP contribution is 2.29. The molecule has 0 bridgehead atoms. The van der Waals surface area contributed by atoms with Crippen LogP contribution >= 0.6 is 0 Å². The maximum atomic E-state index is 11.1. The predicted octanol–water partition coefficient (Wildman–Crippen LogP) is 2.61. The molecule has 0 aliphatic rings. The van der Waals surface area contributed by atoms with Gasteiger partial charge in [0.2, 0.25) is 0 Å². The van der Waals surface area contributed by atoms with Gasteiger partial charge < -0.3 is 10.4 Å². The molecule has 2 aromatic carbocycles. The molecule has 21 heavy (non-hydrogen) atoms. The zero-order valence-electron chi connectivity index (χ0n) is 11.1. The molecule has 0 aliphatic carbocycles. The molecule has 0 spiro atoms. The van der Waals surface area contributed by atoms with E-state index in [1.54, 1.807) is 0 Å². The van der Waals surface area contributed by atoms with Crippen molar-refractivity contribution in [2.24, 2.45) is 0 Å². The Morgan fingerprint density at radius 2 is 2.00 bits per heavy atom. The SMILES string of the molecule is N#Cc1ccc(N[C@@H](CO)c2ccccc2)c([N+](=O)[O-])c1. The number of rotatable bonds is 5. The monoisotopic (exact) mass is 283 g/mol. The van der Waals surface area contributed by atoms with Crippen LogP contribution in [0.15, 0.2) is 48.5 Å². The van der Waals surface area contributed by atoms with Crippen LogP contribution in [-0.4, -0.2) is 16.6 Å². The zero-order valence-corrected chi connectivity index (χ0v) is 11.1. The van der Waals surface area contributed by atoms with Gasteiger partial charge in [-0.1, -0.05) is 30.3 Å². The van der Waals surface area contributed by atoms with Crippen molar-refractivity contribution in [2.45, 2.75) is 6.04 Å². The van der Waals surface area contributed by atoms with Crippen molar-refractivity contribution in [1.29, 1.82) is 5.26 Å². The fourth-order valence-corrected chi connectivity index (χ4v) is 1.98. The number of aliphatic hydroxyl groups excluding tert-OH is 1. The molecule has 0 aliphatic heterocycles. The van der Waals surface area contributed by atoms with Crippen LogP contribution in [0.25, 0.3) is 0 Å². The number of hydrogen-bond acceptors (Lipinski definition) is 5. The molecule has 0 fully saturated rings. The lowest BCUT2D eigenvalue weighted by molar-refractivity contribution is -0.384. The maximum Gasteiger partial charge on any atom is 0.293 e. The van der Waals surface area contributed by atoms with Crippen LogP contribution in [0.3, 0.4) is 0 Å². The Kier molecular flexibility index (Phi) is 4.49. The Balaban J connectivity index is 2.34. The molecular formula is C15H13N3O3. The fraction of sp³-hybridized carbons (Fsp3) is 0.133. The van der Waals surface area contributed by atoms with Gasteiger partial charge in [-0.25, -0.2) is 0 Å². The fourth-order valence-electron chi connectivity index (χ4n) is 1.98. The van der Waals surface area contributed by atoms with Crippen molar-refractivity contribution in [3.8, 4) is 6.07 Å².